The summed E-state index contributed by atoms with van der Waals surface area (Å²) in [5, 5.41) is 9.94. The monoisotopic (exact) mass is 350 g/mol. The van der Waals surface area contributed by atoms with Crippen LogP contribution in [0.4, 0.5) is 0 Å². The molecule has 2 aromatic carbocycles. The molecule has 5 nitrogen and oxygen atoms in total. The molecule has 0 saturated heterocycles. The van der Waals surface area contributed by atoms with E-state index in [0.29, 0.717) is 24.7 Å². The molecule has 0 unspecified atom stereocenters. The van der Waals surface area contributed by atoms with Gasteiger partial charge in [0, 0.05) is 5.56 Å². The van der Waals surface area contributed by atoms with Gasteiger partial charge in [0.15, 0.2) is 5.69 Å². The Kier molecular flexibility index (Phi) is 6.04. The third-order valence-electron chi connectivity index (χ3n) is 3.83. The van der Waals surface area contributed by atoms with Crippen molar-refractivity contribution in [1.29, 1.82) is 0 Å². The maximum absolute atomic E-state index is 9.94. The van der Waals surface area contributed by atoms with Crippen LogP contribution >= 0.6 is 0 Å². The van der Waals surface area contributed by atoms with E-state index in [1.807, 2.05) is 54.6 Å². The molecule has 0 saturated carbocycles. The summed E-state index contributed by atoms with van der Waals surface area (Å²) in [5.74, 6) is 0.923. The van der Waals surface area contributed by atoms with E-state index >= 15 is 0 Å². The maximum atomic E-state index is 9.94. The standard InChI is InChI=1S/C21H22N2O3/c1-2-3-13-25-18-11-9-17(10-12-18)20-23-19(21(24)26-20)15-22-14-16-7-5-4-6-8-16/h4-12,15,24H,2-3,13-14H2,1H3. The molecule has 0 fully saturated rings. The molecule has 1 heterocycles. The molecule has 0 amide bonds. The molecular formula is C21H22N2O3. The number of unbranched alkanes of at least 4 members (excludes halogenated alkanes) is 1. The SMILES string of the molecule is CCCCOc1ccc(-c2nc(C=NCc3ccccc3)c(O)o2)cc1. The quantitative estimate of drug-likeness (QED) is 0.466. The van der Waals surface area contributed by atoms with Crippen LogP contribution in [0.25, 0.3) is 11.5 Å². The predicted molar refractivity (Wildman–Crippen MR) is 102 cm³/mol. The zero-order chi connectivity index (χ0) is 18.2. The van der Waals surface area contributed by atoms with E-state index in [9.17, 15) is 5.11 Å². The number of oxazole rings is 1. The molecule has 3 rings (SSSR count). The minimum absolute atomic E-state index is 0.236. The van der Waals surface area contributed by atoms with Crippen LogP contribution in [0.3, 0.4) is 0 Å². The third kappa shape index (κ3) is 4.72. The van der Waals surface area contributed by atoms with Crippen molar-refractivity contribution in [3.63, 3.8) is 0 Å². The normalized spacial score (nSPS) is 11.1. The lowest BCUT2D eigenvalue weighted by molar-refractivity contribution is 0.309. The van der Waals surface area contributed by atoms with Gasteiger partial charge in [0.05, 0.1) is 19.4 Å². The fraction of sp³-hybridized carbons (Fsp3) is 0.238. The van der Waals surface area contributed by atoms with Crippen molar-refractivity contribution in [3.8, 4) is 23.1 Å². The van der Waals surface area contributed by atoms with Gasteiger partial charge in [-0.2, -0.15) is 0 Å². The van der Waals surface area contributed by atoms with E-state index < -0.39 is 0 Å². The molecule has 5 heteroatoms. The van der Waals surface area contributed by atoms with Crippen molar-refractivity contribution >= 4 is 6.21 Å². The first-order valence-electron chi connectivity index (χ1n) is 8.73. The summed E-state index contributed by atoms with van der Waals surface area (Å²) in [6.45, 7) is 3.35. The predicted octanol–water partition coefficient (Wildman–Crippen LogP) is 4.85. The lowest BCUT2D eigenvalue weighted by Gasteiger charge is -2.05. The summed E-state index contributed by atoms with van der Waals surface area (Å²) in [6.07, 6.45) is 3.65. The number of hydrogen-bond acceptors (Lipinski definition) is 5. The largest absolute Gasteiger partial charge is 0.494 e. The number of hydrogen-bond donors (Lipinski definition) is 1. The van der Waals surface area contributed by atoms with E-state index in [2.05, 4.69) is 16.9 Å². The minimum Gasteiger partial charge on any atom is -0.494 e. The molecule has 0 spiro atoms. The molecule has 3 aromatic rings. The average molecular weight is 350 g/mol. The van der Waals surface area contributed by atoms with Crippen LogP contribution in [0.15, 0.2) is 64.0 Å². The fourth-order valence-electron chi connectivity index (χ4n) is 2.38. The van der Waals surface area contributed by atoms with Gasteiger partial charge in [0.1, 0.15) is 5.75 Å². The highest BCUT2D eigenvalue weighted by Crippen LogP contribution is 2.27. The minimum atomic E-state index is -0.236. The Morgan fingerprint density at radius 2 is 1.88 bits per heavy atom. The van der Waals surface area contributed by atoms with Gasteiger partial charge in [-0.15, -0.1) is 0 Å². The molecular weight excluding hydrogens is 328 g/mol. The topological polar surface area (TPSA) is 67.9 Å². The Labute approximate surface area is 153 Å². The highest BCUT2D eigenvalue weighted by Gasteiger charge is 2.12. The first-order valence-corrected chi connectivity index (χ1v) is 8.73. The van der Waals surface area contributed by atoms with Crippen molar-refractivity contribution in [3.05, 3.63) is 65.9 Å². The van der Waals surface area contributed by atoms with Gasteiger partial charge in [-0.25, -0.2) is 4.98 Å². The smallest absolute Gasteiger partial charge is 0.312 e. The maximum Gasteiger partial charge on any atom is 0.312 e. The number of nitrogens with zero attached hydrogens (tertiary/aromatic N) is 2. The zero-order valence-corrected chi connectivity index (χ0v) is 14.8. The highest BCUT2D eigenvalue weighted by molar-refractivity contribution is 5.80. The van der Waals surface area contributed by atoms with E-state index in [0.717, 1.165) is 29.7 Å². The van der Waals surface area contributed by atoms with Crippen LogP contribution in [-0.2, 0) is 6.54 Å². The second kappa shape index (κ2) is 8.85. The lowest BCUT2D eigenvalue weighted by Crippen LogP contribution is -1.95. The van der Waals surface area contributed by atoms with Crippen molar-refractivity contribution < 1.29 is 14.3 Å². The first-order chi connectivity index (χ1) is 12.8. The van der Waals surface area contributed by atoms with Crippen LogP contribution in [0.5, 0.6) is 11.7 Å². The Bertz CT molecular complexity index is 839. The Hall–Kier alpha value is -3.08. The second-order valence-electron chi connectivity index (χ2n) is 5.89. The fourth-order valence-corrected chi connectivity index (χ4v) is 2.38. The first kappa shape index (κ1) is 17.7. The summed E-state index contributed by atoms with van der Waals surface area (Å²) in [7, 11) is 0. The Balaban J connectivity index is 1.65. The molecule has 1 aromatic heterocycles. The second-order valence-corrected chi connectivity index (χ2v) is 5.89. The van der Waals surface area contributed by atoms with Crippen molar-refractivity contribution in [2.75, 3.05) is 6.61 Å². The summed E-state index contributed by atoms with van der Waals surface area (Å²) in [6, 6.07) is 17.3. The molecule has 0 aliphatic heterocycles. The van der Waals surface area contributed by atoms with Crippen LogP contribution in [0.1, 0.15) is 31.0 Å². The number of rotatable bonds is 8. The average Bonchev–Trinajstić information content (AvgIpc) is 3.04. The van der Waals surface area contributed by atoms with Crippen LogP contribution in [-0.4, -0.2) is 22.9 Å². The highest BCUT2D eigenvalue weighted by atomic mass is 16.5. The molecule has 0 atom stereocenters. The Morgan fingerprint density at radius 3 is 2.62 bits per heavy atom. The van der Waals surface area contributed by atoms with Crippen LogP contribution < -0.4 is 4.74 Å². The number of aromatic nitrogens is 1. The Morgan fingerprint density at radius 1 is 1.12 bits per heavy atom. The van der Waals surface area contributed by atoms with Crippen molar-refractivity contribution in [1.82, 2.24) is 4.98 Å². The molecule has 134 valence electrons. The number of ether oxygens (including phenoxy) is 1. The number of aromatic hydroxyl groups is 1. The molecule has 1 N–H and O–H groups in total. The summed E-state index contributed by atoms with van der Waals surface area (Å²) in [5.41, 5.74) is 2.18. The molecule has 0 bridgehead atoms. The molecule has 26 heavy (non-hydrogen) atoms. The molecule has 0 radical (unpaired) electrons. The number of benzene rings is 2. The van der Waals surface area contributed by atoms with Gasteiger partial charge in [-0.3, -0.25) is 4.99 Å². The zero-order valence-electron chi connectivity index (χ0n) is 14.8. The van der Waals surface area contributed by atoms with E-state index in [4.69, 9.17) is 9.15 Å². The van der Waals surface area contributed by atoms with Gasteiger partial charge in [-0.1, -0.05) is 43.7 Å². The van der Waals surface area contributed by atoms with Crippen LogP contribution in [0.2, 0.25) is 0 Å². The van der Waals surface area contributed by atoms with Gasteiger partial charge in [0.2, 0.25) is 5.89 Å². The van der Waals surface area contributed by atoms with Gasteiger partial charge < -0.3 is 14.3 Å². The molecule has 0 aliphatic carbocycles. The van der Waals surface area contributed by atoms with Crippen LogP contribution in [0, 0.1) is 0 Å². The van der Waals surface area contributed by atoms with E-state index in [-0.39, 0.29) is 5.95 Å². The summed E-state index contributed by atoms with van der Waals surface area (Å²) >= 11 is 0. The van der Waals surface area contributed by atoms with Crippen molar-refractivity contribution in [2.45, 2.75) is 26.3 Å². The number of aliphatic imine (C=N–C) groups is 1. The van der Waals surface area contributed by atoms with E-state index in [1.165, 1.54) is 6.21 Å². The molecule has 0 aliphatic rings. The summed E-state index contributed by atoms with van der Waals surface area (Å²) < 4.78 is 11.0. The van der Waals surface area contributed by atoms with Gasteiger partial charge in [0.25, 0.3) is 0 Å². The lowest BCUT2D eigenvalue weighted by atomic mass is 10.2. The van der Waals surface area contributed by atoms with Gasteiger partial charge >= 0.3 is 5.95 Å². The van der Waals surface area contributed by atoms with Crippen molar-refractivity contribution in [2.24, 2.45) is 4.99 Å². The van der Waals surface area contributed by atoms with Gasteiger partial charge in [-0.05, 0) is 36.2 Å². The summed E-state index contributed by atoms with van der Waals surface area (Å²) in [4.78, 5) is 8.62. The van der Waals surface area contributed by atoms with E-state index in [1.54, 1.807) is 0 Å². The third-order valence-corrected chi connectivity index (χ3v) is 3.83.